The molecule has 0 aliphatic carbocycles. The Morgan fingerprint density at radius 2 is 2.00 bits per heavy atom. The Bertz CT molecular complexity index is 798. The number of aryl methyl sites for hydroxylation is 1. The first-order valence-corrected chi connectivity index (χ1v) is 7.88. The van der Waals surface area contributed by atoms with Crippen LogP contribution in [0.15, 0.2) is 29.1 Å². The van der Waals surface area contributed by atoms with Gasteiger partial charge < -0.3 is 15.4 Å². The average molecular weight is 331 g/mol. The zero-order valence-corrected chi connectivity index (χ0v) is 13.7. The van der Waals surface area contributed by atoms with Gasteiger partial charge in [0, 0.05) is 12.8 Å². The van der Waals surface area contributed by atoms with E-state index in [2.05, 4.69) is 15.3 Å². The van der Waals surface area contributed by atoms with Crippen LogP contribution in [-0.2, 0) is 16.0 Å². The number of H-pyrrole nitrogens is 1. The molecule has 24 heavy (non-hydrogen) atoms. The molecule has 0 saturated carbocycles. The number of carboxylic acid groups (broad SMARTS) is 1. The SMILES string of the molecule is CC(C)[C@@H](NC(=O)CCCc1nc2ccccc2c(=O)[nH]1)C(=O)O. The van der Waals surface area contributed by atoms with Gasteiger partial charge in [-0.2, -0.15) is 0 Å². The molecule has 1 amide bonds. The molecule has 128 valence electrons. The molecule has 0 bridgehead atoms. The van der Waals surface area contributed by atoms with Gasteiger partial charge in [-0.1, -0.05) is 26.0 Å². The van der Waals surface area contributed by atoms with Crippen molar-refractivity contribution < 1.29 is 14.7 Å². The number of hydrogen-bond donors (Lipinski definition) is 3. The van der Waals surface area contributed by atoms with Crippen molar-refractivity contribution in [3.63, 3.8) is 0 Å². The highest BCUT2D eigenvalue weighted by molar-refractivity contribution is 5.83. The number of amides is 1. The van der Waals surface area contributed by atoms with Crippen LogP contribution in [0.1, 0.15) is 32.5 Å². The van der Waals surface area contributed by atoms with Crippen molar-refractivity contribution in [1.82, 2.24) is 15.3 Å². The zero-order chi connectivity index (χ0) is 17.7. The fourth-order valence-corrected chi connectivity index (χ4v) is 2.43. The number of nitrogens with zero attached hydrogens (tertiary/aromatic N) is 1. The number of carboxylic acids is 1. The minimum absolute atomic E-state index is 0.174. The van der Waals surface area contributed by atoms with Crippen LogP contribution in [0.4, 0.5) is 0 Å². The van der Waals surface area contributed by atoms with Crippen molar-refractivity contribution in [2.24, 2.45) is 5.92 Å². The lowest BCUT2D eigenvalue weighted by molar-refractivity contribution is -0.143. The quantitative estimate of drug-likeness (QED) is 0.711. The van der Waals surface area contributed by atoms with Crippen LogP contribution in [0.3, 0.4) is 0 Å². The molecule has 0 radical (unpaired) electrons. The summed E-state index contributed by atoms with van der Waals surface area (Å²) in [5.74, 6) is -1.03. The van der Waals surface area contributed by atoms with Crippen molar-refractivity contribution in [1.29, 1.82) is 0 Å². The first kappa shape index (κ1) is 17.7. The number of aliphatic carboxylic acids is 1. The molecule has 0 spiro atoms. The van der Waals surface area contributed by atoms with E-state index in [1.165, 1.54) is 0 Å². The predicted octanol–water partition coefficient (Wildman–Crippen LogP) is 1.47. The summed E-state index contributed by atoms with van der Waals surface area (Å²) >= 11 is 0. The van der Waals surface area contributed by atoms with Gasteiger partial charge in [0.2, 0.25) is 5.91 Å². The Morgan fingerprint density at radius 3 is 2.67 bits per heavy atom. The van der Waals surface area contributed by atoms with Gasteiger partial charge in [-0.25, -0.2) is 9.78 Å². The highest BCUT2D eigenvalue weighted by atomic mass is 16.4. The van der Waals surface area contributed by atoms with Gasteiger partial charge in [-0.05, 0) is 24.5 Å². The molecular formula is C17H21N3O4. The molecule has 7 heteroatoms. The van der Waals surface area contributed by atoms with Crippen LogP contribution in [0.5, 0.6) is 0 Å². The summed E-state index contributed by atoms with van der Waals surface area (Å²) in [5, 5.41) is 12.1. The smallest absolute Gasteiger partial charge is 0.326 e. The largest absolute Gasteiger partial charge is 0.480 e. The normalized spacial score (nSPS) is 12.3. The highest BCUT2D eigenvalue weighted by Crippen LogP contribution is 2.08. The minimum Gasteiger partial charge on any atom is -0.480 e. The van der Waals surface area contributed by atoms with Gasteiger partial charge in [0.05, 0.1) is 10.9 Å². The monoisotopic (exact) mass is 331 g/mol. The lowest BCUT2D eigenvalue weighted by atomic mass is 10.0. The predicted molar refractivity (Wildman–Crippen MR) is 89.7 cm³/mol. The molecule has 0 aliphatic rings. The first-order chi connectivity index (χ1) is 11.4. The number of aromatic nitrogens is 2. The molecule has 3 N–H and O–H groups in total. The fourth-order valence-electron chi connectivity index (χ4n) is 2.43. The van der Waals surface area contributed by atoms with E-state index in [1.807, 2.05) is 6.07 Å². The summed E-state index contributed by atoms with van der Waals surface area (Å²) in [4.78, 5) is 42.0. The molecule has 0 aliphatic heterocycles. The van der Waals surface area contributed by atoms with E-state index < -0.39 is 12.0 Å². The van der Waals surface area contributed by atoms with E-state index >= 15 is 0 Å². The maximum atomic E-state index is 12.0. The summed E-state index contributed by atoms with van der Waals surface area (Å²) in [6.07, 6.45) is 1.08. The fraction of sp³-hybridized carbons (Fsp3) is 0.412. The van der Waals surface area contributed by atoms with E-state index in [-0.39, 0.29) is 23.8 Å². The molecule has 0 unspecified atom stereocenters. The Kier molecular flexibility index (Phi) is 5.68. The van der Waals surface area contributed by atoms with Gasteiger partial charge in [0.15, 0.2) is 0 Å². The average Bonchev–Trinajstić information content (AvgIpc) is 2.52. The topological polar surface area (TPSA) is 112 Å². The number of fused-ring (bicyclic) bond motifs is 1. The second-order valence-corrected chi connectivity index (χ2v) is 6.01. The second kappa shape index (κ2) is 7.72. The second-order valence-electron chi connectivity index (χ2n) is 6.01. The number of carbonyl (C=O) groups is 2. The zero-order valence-electron chi connectivity index (χ0n) is 13.7. The third-order valence-electron chi connectivity index (χ3n) is 3.73. The van der Waals surface area contributed by atoms with Crippen LogP contribution in [0, 0.1) is 5.92 Å². The third-order valence-corrected chi connectivity index (χ3v) is 3.73. The van der Waals surface area contributed by atoms with Crippen molar-refractivity contribution >= 4 is 22.8 Å². The highest BCUT2D eigenvalue weighted by Gasteiger charge is 2.22. The van der Waals surface area contributed by atoms with E-state index in [0.717, 1.165) is 0 Å². The maximum Gasteiger partial charge on any atom is 0.326 e. The van der Waals surface area contributed by atoms with Gasteiger partial charge in [0.1, 0.15) is 11.9 Å². The number of carbonyl (C=O) groups excluding carboxylic acids is 1. The van der Waals surface area contributed by atoms with Crippen molar-refractivity contribution in [2.75, 3.05) is 0 Å². The lowest BCUT2D eigenvalue weighted by Gasteiger charge is -2.17. The van der Waals surface area contributed by atoms with Gasteiger partial charge >= 0.3 is 5.97 Å². The third kappa shape index (κ3) is 4.41. The van der Waals surface area contributed by atoms with Crippen LogP contribution in [0.25, 0.3) is 10.9 Å². The number of nitrogens with one attached hydrogen (secondary N) is 2. The molecule has 1 heterocycles. The molecule has 1 aromatic heterocycles. The van der Waals surface area contributed by atoms with Crippen molar-refractivity contribution in [2.45, 2.75) is 39.2 Å². The van der Waals surface area contributed by atoms with Crippen molar-refractivity contribution in [3.05, 3.63) is 40.4 Å². The van der Waals surface area contributed by atoms with Crippen LogP contribution < -0.4 is 10.9 Å². The number of aromatic amines is 1. The molecule has 7 nitrogen and oxygen atoms in total. The molecule has 0 fully saturated rings. The van der Waals surface area contributed by atoms with E-state index in [9.17, 15) is 14.4 Å². The van der Waals surface area contributed by atoms with Crippen LogP contribution >= 0.6 is 0 Å². The number of para-hydroxylation sites is 1. The first-order valence-electron chi connectivity index (χ1n) is 7.88. The molecule has 0 saturated heterocycles. The molecular weight excluding hydrogens is 310 g/mol. The van der Waals surface area contributed by atoms with E-state index in [1.54, 1.807) is 32.0 Å². The Hall–Kier alpha value is -2.70. The van der Waals surface area contributed by atoms with Gasteiger partial charge in [0.25, 0.3) is 5.56 Å². The minimum atomic E-state index is -1.04. The summed E-state index contributed by atoms with van der Waals surface area (Å²) in [6.45, 7) is 3.48. The summed E-state index contributed by atoms with van der Waals surface area (Å²) in [7, 11) is 0. The lowest BCUT2D eigenvalue weighted by Crippen LogP contribution is -2.44. The molecule has 2 aromatic rings. The number of benzene rings is 1. The van der Waals surface area contributed by atoms with E-state index in [0.29, 0.717) is 29.6 Å². The summed E-state index contributed by atoms with van der Waals surface area (Å²) < 4.78 is 0. The van der Waals surface area contributed by atoms with Gasteiger partial charge in [-0.15, -0.1) is 0 Å². The molecule has 2 rings (SSSR count). The summed E-state index contributed by atoms with van der Waals surface area (Å²) in [5.41, 5.74) is 0.414. The molecule has 1 atom stereocenters. The Morgan fingerprint density at radius 1 is 1.29 bits per heavy atom. The standard InChI is InChI=1S/C17H21N3O4/c1-10(2)15(17(23)24)20-14(21)9-5-8-13-18-12-7-4-3-6-11(12)16(22)19-13/h3-4,6-7,10,15H,5,8-9H2,1-2H3,(H,20,21)(H,23,24)(H,18,19,22)/t15-/m1/s1. The number of hydrogen-bond acceptors (Lipinski definition) is 4. The van der Waals surface area contributed by atoms with Gasteiger partial charge in [-0.3, -0.25) is 9.59 Å². The van der Waals surface area contributed by atoms with Crippen molar-refractivity contribution in [3.8, 4) is 0 Å². The Labute approximate surface area is 139 Å². The van der Waals surface area contributed by atoms with Crippen LogP contribution in [0.2, 0.25) is 0 Å². The number of rotatable bonds is 7. The van der Waals surface area contributed by atoms with E-state index in [4.69, 9.17) is 5.11 Å². The molecule has 1 aromatic carbocycles. The Balaban J connectivity index is 1.93. The summed E-state index contributed by atoms with van der Waals surface area (Å²) in [6, 6.07) is 6.16. The van der Waals surface area contributed by atoms with Crippen LogP contribution in [-0.4, -0.2) is 33.0 Å². The maximum absolute atomic E-state index is 12.0.